The zero-order valence-corrected chi connectivity index (χ0v) is 18.9. The Morgan fingerprint density at radius 3 is 2.77 bits per heavy atom. The van der Waals surface area contributed by atoms with E-state index in [2.05, 4.69) is 35.3 Å². The van der Waals surface area contributed by atoms with Gasteiger partial charge < -0.3 is 19.7 Å². The lowest BCUT2D eigenvalue weighted by molar-refractivity contribution is -0.133. The van der Waals surface area contributed by atoms with Crippen LogP contribution < -0.4 is 15.0 Å². The summed E-state index contributed by atoms with van der Waals surface area (Å²) in [5, 5.41) is 7.49. The third-order valence-corrected chi connectivity index (χ3v) is 6.32. The first kappa shape index (κ1) is 20.0. The van der Waals surface area contributed by atoms with Crippen molar-refractivity contribution in [3.63, 3.8) is 0 Å². The van der Waals surface area contributed by atoms with Crippen LogP contribution in [0.25, 0.3) is 16.7 Å². The Morgan fingerprint density at radius 1 is 1.03 bits per heavy atom. The second-order valence-electron chi connectivity index (χ2n) is 8.78. The minimum atomic E-state index is 0.277. The van der Waals surface area contributed by atoms with Crippen molar-refractivity contribution in [2.24, 2.45) is 0 Å². The number of nitrogens with one attached hydrogen (secondary N) is 1. The van der Waals surface area contributed by atoms with E-state index in [4.69, 9.17) is 14.5 Å². The zero-order valence-electron chi connectivity index (χ0n) is 18.9. The number of aromatic nitrogens is 7. The monoisotopic (exact) mass is 467 g/mol. The summed E-state index contributed by atoms with van der Waals surface area (Å²) in [4.78, 5) is 24.5. The summed E-state index contributed by atoms with van der Waals surface area (Å²) in [7, 11) is 0. The molecule has 3 aliphatic rings. The van der Waals surface area contributed by atoms with Crippen molar-refractivity contribution in [2.45, 2.75) is 25.6 Å². The van der Waals surface area contributed by atoms with Crippen LogP contribution in [0.3, 0.4) is 0 Å². The summed E-state index contributed by atoms with van der Waals surface area (Å²) in [6.07, 6.45) is 8.27. The molecular weight excluding hydrogens is 446 g/mol. The molecular formula is C24H21N9O2. The maximum absolute atomic E-state index is 6.09. The summed E-state index contributed by atoms with van der Waals surface area (Å²) in [5.74, 6) is 2.75. The van der Waals surface area contributed by atoms with Crippen LogP contribution in [0.2, 0.25) is 0 Å². The number of fused-ring (bicyclic) bond motifs is 4. The van der Waals surface area contributed by atoms with E-state index in [0.29, 0.717) is 28.5 Å². The molecule has 11 heteroatoms. The smallest absolute Gasteiger partial charge is 0.226 e. The summed E-state index contributed by atoms with van der Waals surface area (Å²) in [6.45, 7) is 3.62. The quantitative estimate of drug-likeness (QED) is 0.413. The van der Waals surface area contributed by atoms with Gasteiger partial charge in [0.05, 0.1) is 18.4 Å². The largest absolute Gasteiger partial charge is 0.457 e. The molecule has 5 aromatic rings. The fourth-order valence-electron chi connectivity index (χ4n) is 4.57. The third kappa shape index (κ3) is 3.66. The molecule has 1 N–H and O–H groups in total. The molecule has 2 bridgehead atoms. The predicted molar refractivity (Wildman–Crippen MR) is 128 cm³/mol. The number of aryl methyl sites for hydroxylation is 1. The number of morpholine rings is 1. The van der Waals surface area contributed by atoms with Crippen molar-refractivity contribution in [1.82, 2.24) is 34.5 Å². The minimum Gasteiger partial charge on any atom is -0.457 e. The Kier molecular flexibility index (Phi) is 4.49. The molecule has 0 radical (unpaired) electrons. The first-order chi connectivity index (χ1) is 17.2. The van der Waals surface area contributed by atoms with Crippen LogP contribution in [0.1, 0.15) is 12.0 Å². The molecule has 2 atom stereocenters. The van der Waals surface area contributed by atoms with Crippen LogP contribution in [-0.2, 0) is 4.74 Å². The lowest BCUT2D eigenvalue weighted by atomic mass is 9.99. The van der Waals surface area contributed by atoms with E-state index in [1.165, 1.54) is 12.7 Å². The van der Waals surface area contributed by atoms with Gasteiger partial charge in [-0.2, -0.15) is 5.10 Å². The molecule has 0 saturated carbocycles. The molecule has 0 amide bonds. The number of hydrogen-bond acceptors (Lipinski definition) is 10. The van der Waals surface area contributed by atoms with Gasteiger partial charge in [0.25, 0.3) is 0 Å². The first-order valence-corrected chi connectivity index (χ1v) is 11.4. The SMILES string of the molecule is Cc1cc(Nc2ncnc3cnc(N4CC5CC(C4)O5)nc23)ccc1Oc1ccn2ncnc2c1. The number of pyridine rings is 1. The van der Waals surface area contributed by atoms with Gasteiger partial charge in [-0.15, -0.1) is 0 Å². The molecule has 2 unspecified atom stereocenters. The number of ether oxygens (including phenoxy) is 2. The van der Waals surface area contributed by atoms with Crippen molar-refractivity contribution in [3.8, 4) is 11.5 Å². The number of hydrogen-bond donors (Lipinski definition) is 1. The molecule has 3 saturated heterocycles. The fraction of sp³-hybridized carbons (Fsp3) is 0.250. The molecule has 0 aliphatic carbocycles. The average Bonchev–Trinajstić information content (AvgIpc) is 3.33. The van der Waals surface area contributed by atoms with Gasteiger partial charge in [0.1, 0.15) is 35.2 Å². The standard InChI is InChI=1S/C24H21N9O2/c1-14-6-15(2-3-20(14)35-16-4-5-33-21(8-16)27-13-29-33)30-23-22-19(26-12-28-23)9-25-24(31-22)32-10-17-7-18(11-32)34-17/h2-6,8-9,12-13,17-18H,7,10-11H2,1H3,(H,26,28,30). The molecule has 11 nitrogen and oxygen atoms in total. The normalized spacial score (nSPS) is 19.1. The van der Waals surface area contributed by atoms with Crippen molar-refractivity contribution in [1.29, 1.82) is 0 Å². The molecule has 174 valence electrons. The van der Waals surface area contributed by atoms with Crippen molar-refractivity contribution in [3.05, 3.63) is 60.9 Å². The van der Waals surface area contributed by atoms with E-state index in [1.54, 1.807) is 10.7 Å². The molecule has 8 rings (SSSR count). The van der Waals surface area contributed by atoms with Crippen molar-refractivity contribution >= 4 is 34.1 Å². The van der Waals surface area contributed by atoms with Crippen LogP contribution in [0.5, 0.6) is 11.5 Å². The second kappa shape index (κ2) is 7.84. The number of benzene rings is 1. The van der Waals surface area contributed by atoms with E-state index < -0.39 is 0 Å². The topological polar surface area (TPSA) is 115 Å². The van der Waals surface area contributed by atoms with E-state index in [1.807, 2.05) is 43.5 Å². The van der Waals surface area contributed by atoms with Crippen LogP contribution in [-0.4, -0.2) is 59.8 Å². The van der Waals surface area contributed by atoms with Gasteiger partial charge in [0.2, 0.25) is 5.95 Å². The lowest BCUT2D eigenvalue weighted by Crippen LogP contribution is -2.57. The van der Waals surface area contributed by atoms with E-state index in [9.17, 15) is 0 Å². The number of rotatable bonds is 5. The van der Waals surface area contributed by atoms with Crippen LogP contribution in [0, 0.1) is 6.92 Å². The Hall–Kier alpha value is -4.38. The highest BCUT2D eigenvalue weighted by Gasteiger charge is 2.39. The highest BCUT2D eigenvalue weighted by atomic mass is 16.5. The van der Waals surface area contributed by atoms with Crippen molar-refractivity contribution < 1.29 is 9.47 Å². The number of nitrogens with zero attached hydrogens (tertiary/aromatic N) is 8. The average molecular weight is 467 g/mol. The number of piperidine rings is 1. The Bertz CT molecular complexity index is 1550. The predicted octanol–water partition coefficient (Wildman–Crippen LogP) is 3.28. The third-order valence-electron chi connectivity index (χ3n) is 6.32. The highest BCUT2D eigenvalue weighted by Crippen LogP contribution is 2.32. The molecule has 3 aliphatic heterocycles. The number of anilines is 3. The first-order valence-electron chi connectivity index (χ1n) is 11.4. The molecule has 35 heavy (non-hydrogen) atoms. The maximum atomic E-state index is 6.09. The van der Waals surface area contributed by atoms with Gasteiger partial charge in [0.15, 0.2) is 11.5 Å². The fourth-order valence-corrected chi connectivity index (χ4v) is 4.57. The van der Waals surface area contributed by atoms with Gasteiger partial charge in [-0.3, -0.25) is 0 Å². The Balaban J connectivity index is 1.14. The van der Waals surface area contributed by atoms with E-state index >= 15 is 0 Å². The van der Waals surface area contributed by atoms with Gasteiger partial charge in [-0.1, -0.05) is 0 Å². The molecule has 0 spiro atoms. The Labute approximate surface area is 199 Å². The zero-order chi connectivity index (χ0) is 23.4. The van der Waals surface area contributed by atoms with Crippen LogP contribution >= 0.6 is 0 Å². The van der Waals surface area contributed by atoms with Crippen LogP contribution in [0.15, 0.2) is 55.4 Å². The van der Waals surface area contributed by atoms with Gasteiger partial charge in [-0.05, 0) is 36.8 Å². The minimum absolute atomic E-state index is 0.277. The highest BCUT2D eigenvalue weighted by molar-refractivity contribution is 5.87. The van der Waals surface area contributed by atoms with E-state index in [0.717, 1.165) is 42.2 Å². The summed E-state index contributed by atoms with van der Waals surface area (Å²) >= 11 is 0. The molecule has 3 fully saturated rings. The summed E-state index contributed by atoms with van der Waals surface area (Å²) in [5.41, 5.74) is 3.93. The summed E-state index contributed by atoms with van der Waals surface area (Å²) < 4.78 is 13.5. The van der Waals surface area contributed by atoms with Crippen molar-refractivity contribution in [2.75, 3.05) is 23.3 Å². The maximum Gasteiger partial charge on any atom is 0.226 e. The van der Waals surface area contributed by atoms with E-state index in [-0.39, 0.29) is 12.2 Å². The van der Waals surface area contributed by atoms with Gasteiger partial charge in [0, 0.05) is 37.5 Å². The lowest BCUT2D eigenvalue weighted by Gasteiger charge is -2.46. The second-order valence-corrected chi connectivity index (χ2v) is 8.78. The Morgan fingerprint density at radius 2 is 1.91 bits per heavy atom. The molecule has 1 aromatic carbocycles. The summed E-state index contributed by atoms with van der Waals surface area (Å²) in [6, 6.07) is 9.59. The molecule has 4 aromatic heterocycles. The van der Waals surface area contributed by atoms with Crippen LogP contribution in [0.4, 0.5) is 17.5 Å². The van der Waals surface area contributed by atoms with Gasteiger partial charge in [-0.25, -0.2) is 29.4 Å². The van der Waals surface area contributed by atoms with Gasteiger partial charge >= 0.3 is 0 Å². The molecule has 7 heterocycles.